The first-order valence-corrected chi connectivity index (χ1v) is 5.08. The van der Waals surface area contributed by atoms with Crippen molar-refractivity contribution in [3.8, 4) is 0 Å². The minimum absolute atomic E-state index is 0.0821. The molecule has 0 aliphatic rings. The number of aliphatic hydroxyl groups is 1. The normalized spacial score (nSPS) is 15.4. The van der Waals surface area contributed by atoms with Gasteiger partial charge in [-0.15, -0.1) is 0 Å². The van der Waals surface area contributed by atoms with E-state index in [9.17, 15) is 5.11 Å². The fraction of sp³-hybridized carbons (Fsp3) is 0.400. The highest BCUT2D eigenvalue weighted by molar-refractivity contribution is 9.10. The number of aliphatic hydroxyl groups excluding tert-OH is 1. The lowest BCUT2D eigenvalue weighted by Crippen LogP contribution is -2.19. The molecular formula is C10H14BrNO. The highest BCUT2D eigenvalue weighted by Gasteiger charge is 2.16. The lowest BCUT2D eigenvalue weighted by atomic mass is 9.98. The molecule has 0 spiro atoms. The van der Waals surface area contributed by atoms with E-state index in [1.165, 1.54) is 0 Å². The molecule has 0 aliphatic carbocycles. The van der Waals surface area contributed by atoms with Gasteiger partial charge >= 0.3 is 0 Å². The number of rotatable bonds is 3. The van der Waals surface area contributed by atoms with Crippen LogP contribution in [-0.2, 0) is 0 Å². The monoisotopic (exact) mass is 243 g/mol. The third-order valence-corrected chi connectivity index (χ3v) is 2.86. The number of nitrogens with two attached hydrogens (primary N) is 1. The molecule has 0 saturated heterocycles. The van der Waals surface area contributed by atoms with Gasteiger partial charge in [0, 0.05) is 4.47 Å². The molecule has 0 aromatic heterocycles. The van der Waals surface area contributed by atoms with Crippen LogP contribution in [0.3, 0.4) is 0 Å². The largest absolute Gasteiger partial charge is 0.388 e. The van der Waals surface area contributed by atoms with Crippen molar-refractivity contribution in [1.29, 1.82) is 0 Å². The van der Waals surface area contributed by atoms with Gasteiger partial charge in [-0.05, 0) is 24.1 Å². The van der Waals surface area contributed by atoms with Gasteiger partial charge in [0.15, 0.2) is 0 Å². The third kappa shape index (κ3) is 2.53. The summed E-state index contributed by atoms with van der Waals surface area (Å²) in [7, 11) is 0. The van der Waals surface area contributed by atoms with Gasteiger partial charge in [-0.2, -0.15) is 0 Å². The van der Waals surface area contributed by atoms with Gasteiger partial charge in [0.25, 0.3) is 0 Å². The van der Waals surface area contributed by atoms with E-state index in [1.54, 1.807) is 0 Å². The topological polar surface area (TPSA) is 46.2 Å². The Morgan fingerprint density at radius 2 is 2.08 bits per heavy atom. The summed E-state index contributed by atoms with van der Waals surface area (Å²) in [6.07, 6.45) is -0.486. The van der Waals surface area contributed by atoms with E-state index in [1.807, 2.05) is 31.2 Å². The molecule has 3 N–H and O–H groups in total. The number of halogens is 1. The first-order chi connectivity index (χ1) is 6.16. The summed E-state index contributed by atoms with van der Waals surface area (Å²) in [5.41, 5.74) is 6.39. The lowest BCUT2D eigenvalue weighted by molar-refractivity contribution is 0.121. The van der Waals surface area contributed by atoms with Crippen molar-refractivity contribution in [2.75, 3.05) is 6.54 Å². The van der Waals surface area contributed by atoms with Gasteiger partial charge in [0.05, 0.1) is 6.10 Å². The van der Waals surface area contributed by atoms with Crippen LogP contribution in [-0.4, -0.2) is 11.7 Å². The van der Waals surface area contributed by atoms with Gasteiger partial charge in [-0.3, -0.25) is 0 Å². The summed E-state index contributed by atoms with van der Waals surface area (Å²) in [5, 5.41) is 9.86. The van der Waals surface area contributed by atoms with Gasteiger partial charge in [0.2, 0.25) is 0 Å². The molecular weight excluding hydrogens is 230 g/mol. The van der Waals surface area contributed by atoms with Crippen LogP contribution in [0.4, 0.5) is 0 Å². The zero-order valence-electron chi connectivity index (χ0n) is 7.57. The molecule has 0 radical (unpaired) electrons. The van der Waals surface area contributed by atoms with E-state index in [0.717, 1.165) is 10.0 Å². The molecule has 3 heteroatoms. The van der Waals surface area contributed by atoms with Gasteiger partial charge in [-0.25, -0.2) is 0 Å². The Bertz CT molecular complexity index is 277. The second-order valence-corrected chi connectivity index (χ2v) is 4.03. The molecule has 2 atom stereocenters. The van der Waals surface area contributed by atoms with Crippen molar-refractivity contribution < 1.29 is 5.11 Å². The average Bonchev–Trinajstić information content (AvgIpc) is 2.16. The summed E-state index contributed by atoms with van der Waals surface area (Å²) < 4.78 is 0.933. The summed E-state index contributed by atoms with van der Waals surface area (Å²) >= 11 is 3.39. The predicted molar refractivity (Wildman–Crippen MR) is 57.3 cm³/mol. The van der Waals surface area contributed by atoms with Gasteiger partial charge in [0.1, 0.15) is 0 Å². The maximum Gasteiger partial charge on any atom is 0.0838 e. The Labute approximate surface area is 86.9 Å². The van der Waals surface area contributed by atoms with Crippen molar-refractivity contribution in [2.45, 2.75) is 13.0 Å². The Hall–Kier alpha value is -0.380. The maximum atomic E-state index is 9.86. The van der Waals surface area contributed by atoms with E-state index < -0.39 is 6.10 Å². The summed E-state index contributed by atoms with van der Waals surface area (Å²) in [6.45, 7) is 2.42. The summed E-state index contributed by atoms with van der Waals surface area (Å²) in [6, 6.07) is 7.66. The minimum atomic E-state index is -0.486. The number of hydrogen-bond donors (Lipinski definition) is 2. The van der Waals surface area contributed by atoms with Crippen molar-refractivity contribution >= 4 is 15.9 Å². The second kappa shape index (κ2) is 4.74. The quantitative estimate of drug-likeness (QED) is 0.855. The molecule has 13 heavy (non-hydrogen) atoms. The Kier molecular flexibility index (Phi) is 3.90. The number of hydrogen-bond acceptors (Lipinski definition) is 2. The SMILES string of the molecule is CC(CN)C(O)c1ccccc1Br. The van der Waals surface area contributed by atoms with E-state index in [-0.39, 0.29) is 5.92 Å². The highest BCUT2D eigenvalue weighted by Crippen LogP contribution is 2.27. The minimum Gasteiger partial charge on any atom is -0.388 e. The second-order valence-electron chi connectivity index (χ2n) is 3.18. The van der Waals surface area contributed by atoms with Crippen LogP contribution < -0.4 is 5.73 Å². The zero-order valence-corrected chi connectivity index (χ0v) is 9.16. The van der Waals surface area contributed by atoms with Gasteiger partial charge in [-0.1, -0.05) is 41.1 Å². The van der Waals surface area contributed by atoms with Crippen LogP contribution in [0.5, 0.6) is 0 Å². The predicted octanol–water partition coefficient (Wildman–Crippen LogP) is 2.08. The molecule has 0 saturated carbocycles. The first-order valence-electron chi connectivity index (χ1n) is 4.29. The molecule has 0 fully saturated rings. The van der Waals surface area contributed by atoms with E-state index in [2.05, 4.69) is 15.9 Å². The van der Waals surface area contributed by atoms with Crippen LogP contribution in [0, 0.1) is 5.92 Å². The van der Waals surface area contributed by atoms with Gasteiger partial charge < -0.3 is 10.8 Å². The zero-order chi connectivity index (χ0) is 9.84. The molecule has 2 unspecified atom stereocenters. The first kappa shape index (κ1) is 10.7. The molecule has 0 heterocycles. The lowest BCUT2D eigenvalue weighted by Gasteiger charge is -2.18. The van der Waals surface area contributed by atoms with E-state index >= 15 is 0 Å². The van der Waals surface area contributed by atoms with Crippen LogP contribution in [0.25, 0.3) is 0 Å². The van der Waals surface area contributed by atoms with Crippen LogP contribution in [0.15, 0.2) is 28.7 Å². The molecule has 1 aromatic rings. The molecule has 0 amide bonds. The van der Waals surface area contributed by atoms with Crippen LogP contribution in [0.2, 0.25) is 0 Å². The van der Waals surface area contributed by atoms with Crippen LogP contribution >= 0.6 is 15.9 Å². The summed E-state index contributed by atoms with van der Waals surface area (Å²) in [4.78, 5) is 0. The average molecular weight is 244 g/mol. The third-order valence-electron chi connectivity index (χ3n) is 2.13. The molecule has 2 nitrogen and oxygen atoms in total. The fourth-order valence-electron chi connectivity index (χ4n) is 1.15. The Balaban J connectivity index is 2.88. The number of benzene rings is 1. The Morgan fingerprint density at radius 3 is 2.62 bits per heavy atom. The highest BCUT2D eigenvalue weighted by atomic mass is 79.9. The standard InChI is InChI=1S/C10H14BrNO/c1-7(6-12)10(13)8-4-2-3-5-9(8)11/h2-5,7,10,13H,6,12H2,1H3. The maximum absolute atomic E-state index is 9.86. The van der Waals surface area contributed by atoms with Crippen molar-refractivity contribution in [3.05, 3.63) is 34.3 Å². The molecule has 1 aromatic carbocycles. The van der Waals surface area contributed by atoms with Crippen molar-refractivity contribution in [3.63, 3.8) is 0 Å². The van der Waals surface area contributed by atoms with E-state index in [4.69, 9.17) is 5.73 Å². The summed E-state index contributed by atoms with van der Waals surface area (Å²) in [5.74, 6) is 0.0821. The Morgan fingerprint density at radius 1 is 1.46 bits per heavy atom. The van der Waals surface area contributed by atoms with Crippen molar-refractivity contribution in [2.24, 2.45) is 11.7 Å². The molecule has 72 valence electrons. The smallest absolute Gasteiger partial charge is 0.0838 e. The molecule has 0 aliphatic heterocycles. The molecule has 1 rings (SSSR count). The fourth-order valence-corrected chi connectivity index (χ4v) is 1.67. The molecule has 0 bridgehead atoms. The van der Waals surface area contributed by atoms with Crippen LogP contribution in [0.1, 0.15) is 18.6 Å². The van der Waals surface area contributed by atoms with E-state index in [0.29, 0.717) is 6.54 Å². The van der Waals surface area contributed by atoms with Crippen molar-refractivity contribution in [1.82, 2.24) is 0 Å².